The molecule has 7 heteroatoms. The normalized spacial score (nSPS) is 21.0. The summed E-state index contributed by atoms with van der Waals surface area (Å²) in [5.74, 6) is -0.285. The predicted molar refractivity (Wildman–Crippen MR) is 132 cm³/mol. The first-order chi connectivity index (χ1) is 16.3. The number of benzene rings is 2. The molecule has 2 saturated heterocycles. The number of likely N-dealkylation sites (tertiary alicyclic amines) is 1. The zero-order valence-electron chi connectivity index (χ0n) is 20.3. The Bertz CT molecular complexity index is 1020. The average Bonchev–Trinajstić information content (AvgIpc) is 2.83. The zero-order chi connectivity index (χ0) is 24.2. The molecule has 2 atom stereocenters. The molecule has 2 aromatic rings. The van der Waals surface area contributed by atoms with Gasteiger partial charge >= 0.3 is 6.03 Å². The second-order valence-electron chi connectivity index (χ2n) is 9.82. The zero-order valence-corrected chi connectivity index (χ0v) is 20.3. The van der Waals surface area contributed by atoms with Crippen molar-refractivity contribution in [1.29, 1.82) is 0 Å². The number of halogens is 1. The van der Waals surface area contributed by atoms with Crippen LogP contribution in [0.4, 0.5) is 14.9 Å². The van der Waals surface area contributed by atoms with Gasteiger partial charge in [0.1, 0.15) is 5.82 Å². The van der Waals surface area contributed by atoms with E-state index in [9.17, 15) is 14.0 Å². The van der Waals surface area contributed by atoms with E-state index in [0.29, 0.717) is 45.0 Å². The van der Waals surface area contributed by atoms with Crippen molar-refractivity contribution in [2.45, 2.75) is 39.2 Å². The number of hydrogen-bond acceptors (Lipinski definition) is 3. The van der Waals surface area contributed by atoms with Crippen LogP contribution in [0.25, 0.3) is 0 Å². The number of carbonyl (C=O) groups excluding carboxylic acids is 2. The summed E-state index contributed by atoms with van der Waals surface area (Å²) in [5, 5.41) is 2.98. The van der Waals surface area contributed by atoms with Crippen molar-refractivity contribution in [2.75, 3.05) is 44.2 Å². The summed E-state index contributed by atoms with van der Waals surface area (Å²) in [7, 11) is 0. The van der Waals surface area contributed by atoms with Crippen LogP contribution in [0.15, 0.2) is 48.5 Å². The molecule has 182 valence electrons. The second-order valence-corrected chi connectivity index (χ2v) is 9.82. The molecule has 0 aliphatic carbocycles. The lowest BCUT2D eigenvalue weighted by molar-refractivity contribution is -0.137. The van der Waals surface area contributed by atoms with Crippen LogP contribution in [0.3, 0.4) is 0 Å². The summed E-state index contributed by atoms with van der Waals surface area (Å²) in [6.45, 7) is 9.27. The number of piperidine rings is 1. The highest BCUT2D eigenvalue weighted by molar-refractivity contribution is 5.81. The summed E-state index contributed by atoms with van der Waals surface area (Å²) in [6.07, 6.45) is 0.723. The Labute approximate surface area is 201 Å². The first kappa shape index (κ1) is 24.0. The van der Waals surface area contributed by atoms with Crippen molar-refractivity contribution in [1.82, 2.24) is 15.1 Å². The maximum absolute atomic E-state index is 14.2. The van der Waals surface area contributed by atoms with Gasteiger partial charge in [-0.25, -0.2) is 9.18 Å². The van der Waals surface area contributed by atoms with Gasteiger partial charge in [0, 0.05) is 51.2 Å². The summed E-state index contributed by atoms with van der Waals surface area (Å²) < 4.78 is 14.2. The standard InChI is InChI=1S/C27H35FN4O2/c1-19(2)29-27(34)32-17-22(21-8-6-7-20(3)15-21)16-23(18-32)26(33)31-13-11-30(12-14-31)25-10-5-4-9-24(25)28/h4-10,15,19,22-23H,11-14,16-18H2,1-3H3,(H,29,34). The third-order valence-electron chi connectivity index (χ3n) is 6.80. The SMILES string of the molecule is Cc1cccc(C2CC(C(=O)N3CCN(c4ccccc4F)CC3)CN(C(=O)NC(C)C)C2)c1. The fourth-order valence-electron chi connectivity index (χ4n) is 5.08. The summed E-state index contributed by atoms with van der Waals surface area (Å²) in [4.78, 5) is 32.1. The number of nitrogens with zero attached hydrogens (tertiary/aromatic N) is 3. The largest absolute Gasteiger partial charge is 0.366 e. The van der Waals surface area contributed by atoms with E-state index in [2.05, 4.69) is 30.4 Å². The first-order valence-electron chi connectivity index (χ1n) is 12.2. The van der Waals surface area contributed by atoms with Gasteiger partial charge in [-0.3, -0.25) is 4.79 Å². The van der Waals surface area contributed by atoms with Gasteiger partial charge in [0.15, 0.2) is 0 Å². The monoisotopic (exact) mass is 466 g/mol. The van der Waals surface area contributed by atoms with Gasteiger partial charge in [0.05, 0.1) is 11.6 Å². The van der Waals surface area contributed by atoms with Gasteiger partial charge in [0.2, 0.25) is 5.91 Å². The van der Waals surface area contributed by atoms with Crippen LogP contribution in [0, 0.1) is 18.7 Å². The van der Waals surface area contributed by atoms with Crippen LogP contribution in [-0.2, 0) is 4.79 Å². The molecule has 0 bridgehead atoms. The van der Waals surface area contributed by atoms with Crippen molar-refractivity contribution >= 4 is 17.6 Å². The number of piperazine rings is 1. The molecule has 2 aromatic carbocycles. The van der Waals surface area contributed by atoms with Gasteiger partial charge in [-0.2, -0.15) is 0 Å². The molecule has 0 saturated carbocycles. The highest BCUT2D eigenvalue weighted by Gasteiger charge is 2.37. The lowest BCUT2D eigenvalue weighted by Gasteiger charge is -2.42. The van der Waals surface area contributed by atoms with Crippen molar-refractivity contribution in [3.8, 4) is 0 Å². The quantitative estimate of drug-likeness (QED) is 0.741. The Morgan fingerprint density at radius 2 is 1.71 bits per heavy atom. The lowest BCUT2D eigenvalue weighted by Crippen LogP contribution is -2.55. The second kappa shape index (κ2) is 10.5. The average molecular weight is 467 g/mol. The summed E-state index contributed by atoms with van der Waals surface area (Å²) in [6, 6.07) is 15.0. The maximum Gasteiger partial charge on any atom is 0.317 e. The van der Waals surface area contributed by atoms with Crippen LogP contribution < -0.4 is 10.2 Å². The molecule has 2 aliphatic heterocycles. The van der Waals surface area contributed by atoms with Gasteiger partial charge < -0.3 is 20.0 Å². The fraction of sp³-hybridized carbons (Fsp3) is 0.481. The van der Waals surface area contributed by atoms with Crippen LogP contribution in [0.2, 0.25) is 0 Å². The van der Waals surface area contributed by atoms with Crippen LogP contribution >= 0.6 is 0 Å². The van der Waals surface area contributed by atoms with Crippen molar-refractivity contribution < 1.29 is 14.0 Å². The van der Waals surface area contributed by atoms with E-state index in [1.807, 2.05) is 35.8 Å². The Hall–Kier alpha value is -3.09. The molecule has 2 heterocycles. The van der Waals surface area contributed by atoms with E-state index in [1.54, 1.807) is 17.0 Å². The van der Waals surface area contributed by atoms with Gasteiger partial charge in [0.25, 0.3) is 0 Å². The highest BCUT2D eigenvalue weighted by atomic mass is 19.1. The van der Waals surface area contributed by atoms with Crippen LogP contribution in [0.1, 0.15) is 37.3 Å². The molecule has 2 fully saturated rings. The molecule has 3 amide bonds. The van der Waals surface area contributed by atoms with Crippen molar-refractivity contribution in [3.63, 3.8) is 0 Å². The van der Waals surface area contributed by atoms with E-state index < -0.39 is 0 Å². The molecule has 0 spiro atoms. The minimum atomic E-state index is -0.253. The van der Waals surface area contributed by atoms with Crippen LogP contribution in [0.5, 0.6) is 0 Å². The lowest BCUT2D eigenvalue weighted by atomic mass is 9.83. The molecule has 4 rings (SSSR count). The van der Waals surface area contributed by atoms with E-state index in [0.717, 1.165) is 6.42 Å². The minimum absolute atomic E-state index is 0.0347. The van der Waals surface area contributed by atoms with E-state index in [4.69, 9.17) is 0 Å². The number of hydrogen-bond donors (Lipinski definition) is 1. The topological polar surface area (TPSA) is 55.9 Å². The van der Waals surface area contributed by atoms with Crippen molar-refractivity contribution in [2.24, 2.45) is 5.92 Å². The van der Waals surface area contributed by atoms with Gasteiger partial charge in [-0.1, -0.05) is 42.0 Å². The maximum atomic E-state index is 14.2. The molecule has 2 unspecified atom stereocenters. The van der Waals surface area contributed by atoms with Gasteiger partial charge in [-0.05, 0) is 44.9 Å². The number of amides is 3. The molecule has 34 heavy (non-hydrogen) atoms. The number of para-hydroxylation sites is 1. The number of nitrogens with one attached hydrogen (secondary N) is 1. The Morgan fingerprint density at radius 1 is 0.971 bits per heavy atom. The number of aryl methyl sites for hydroxylation is 1. The third-order valence-corrected chi connectivity index (χ3v) is 6.80. The number of rotatable bonds is 4. The number of urea groups is 1. The molecule has 2 aliphatic rings. The molecule has 0 aromatic heterocycles. The summed E-state index contributed by atoms with van der Waals surface area (Å²) >= 11 is 0. The molecule has 6 nitrogen and oxygen atoms in total. The Morgan fingerprint density at radius 3 is 2.38 bits per heavy atom. The van der Waals surface area contributed by atoms with E-state index >= 15 is 0 Å². The van der Waals surface area contributed by atoms with Crippen LogP contribution in [-0.4, -0.2) is 67.0 Å². The molecule has 0 radical (unpaired) electrons. The molecular formula is C27H35FN4O2. The number of carbonyl (C=O) groups is 2. The number of anilines is 1. The predicted octanol–water partition coefficient (Wildman–Crippen LogP) is 4.01. The third kappa shape index (κ3) is 5.51. The summed E-state index contributed by atoms with van der Waals surface area (Å²) in [5.41, 5.74) is 2.93. The van der Waals surface area contributed by atoms with E-state index in [-0.39, 0.29) is 35.6 Å². The molecular weight excluding hydrogens is 431 g/mol. The minimum Gasteiger partial charge on any atom is -0.366 e. The first-order valence-corrected chi connectivity index (χ1v) is 12.2. The molecule has 1 N–H and O–H groups in total. The fourth-order valence-corrected chi connectivity index (χ4v) is 5.08. The van der Waals surface area contributed by atoms with E-state index in [1.165, 1.54) is 17.2 Å². The highest BCUT2D eigenvalue weighted by Crippen LogP contribution is 2.32. The van der Waals surface area contributed by atoms with Gasteiger partial charge in [-0.15, -0.1) is 0 Å². The Kier molecular flexibility index (Phi) is 7.39. The smallest absolute Gasteiger partial charge is 0.317 e. The van der Waals surface area contributed by atoms with Crippen molar-refractivity contribution in [3.05, 3.63) is 65.5 Å². The Balaban J connectivity index is 1.47.